The van der Waals surface area contributed by atoms with Gasteiger partial charge in [0.2, 0.25) is 0 Å². The Morgan fingerprint density at radius 3 is 2.20 bits per heavy atom. The van der Waals surface area contributed by atoms with Gasteiger partial charge in [-0.3, -0.25) is 9.59 Å². The van der Waals surface area contributed by atoms with E-state index in [0.29, 0.717) is 5.92 Å². The predicted octanol–water partition coefficient (Wildman–Crippen LogP) is 3.05. The molecule has 5 heteroatoms. The van der Waals surface area contributed by atoms with Crippen LogP contribution < -0.4 is 15.1 Å². The molecule has 0 aromatic heterocycles. The van der Waals surface area contributed by atoms with E-state index in [2.05, 4.69) is 49.2 Å². The van der Waals surface area contributed by atoms with Crippen LogP contribution in [0.3, 0.4) is 0 Å². The zero-order valence-electron chi connectivity index (χ0n) is 18.8. The molecule has 2 N–H and O–H groups in total. The lowest BCUT2D eigenvalue weighted by atomic mass is 9.98. The number of nitrogens with one attached hydrogen (secondary N) is 2. The van der Waals surface area contributed by atoms with Crippen molar-refractivity contribution in [3.05, 3.63) is 59.2 Å². The Morgan fingerprint density at radius 2 is 1.63 bits per heavy atom. The number of para-hydroxylation sites is 1. The van der Waals surface area contributed by atoms with Crippen LogP contribution in [-0.4, -0.2) is 43.9 Å². The molecular weight excluding hydrogens is 374 g/mol. The minimum absolute atomic E-state index is 0.0838. The molecule has 1 amide bonds. The highest BCUT2D eigenvalue weighted by Crippen LogP contribution is 2.27. The van der Waals surface area contributed by atoms with Gasteiger partial charge >= 0.3 is 0 Å². The van der Waals surface area contributed by atoms with Crippen LogP contribution in [0.1, 0.15) is 55.1 Å². The fourth-order valence-corrected chi connectivity index (χ4v) is 4.15. The molecule has 1 heterocycles. The fraction of sp³-hybridized carbons (Fsp3) is 0.440. The third-order valence-electron chi connectivity index (χ3n) is 6.23. The third-order valence-corrected chi connectivity index (χ3v) is 6.23. The van der Waals surface area contributed by atoms with Crippen LogP contribution in [0.4, 0.5) is 11.4 Å². The molecule has 0 aliphatic carbocycles. The molecule has 0 spiro atoms. The van der Waals surface area contributed by atoms with Crippen molar-refractivity contribution in [3.8, 4) is 0 Å². The van der Waals surface area contributed by atoms with Crippen LogP contribution in [-0.2, 0) is 4.79 Å². The van der Waals surface area contributed by atoms with Crippen molar-refractivity contribution in [1.82, 2.24) is 0 Å². The number of hydrogen-bond donors (Lipinski definition) is 2. The van der Waals surface area contributed by atoms with Gasteiger partial charge in [-0.15, -0.1) is 0 Å². The molecule has 1 aliphatic heterocycles. The summed E-state index contributed by atoms with van der Waals surface area (Å²) in [5, 5.41) is 3.21. The van der Waals surface area contributed by atoms with E-state index in [0.717, 1.165) is 48.7 Å². The predicted molar refractivity (Wildman–Crippen MR) is 123 cm³/mol. The molecule has 1 fully saturated rings. The summed E-state index contributed by atoms with van der Waals surface area (Å²) in [6.45, 7) is 13.6. The van der Waals surface area contributed by atoms with E-state index in [4.69, 9.17) is 0 Å². The highest BCUT2D eigenvalue weighted by Gasteiger charge is 2.30. The van der Waals surface area contributed by atoms with E-state index in [1.54, 1.807) is 6.92 Å². The number of aryl methyl sites for hydroxylation is 1. The number of anilines is 2. The minimum Gasteiger partial charge on any atom is -0.360 e. The molecule has 3 rings (SSSR count). The number of piperazine rings is 1. The Labute approximate surface area is 180 Å². The molecule has 1 atom stereocenters. The molecular formula is C25H34N3O2+. The number of ketones is 1. The summed E-state index contributed by atoms with van der Waals surface area (Å²) in [6, 6.07) is 13.9. The number of benzene rings is 2. The highest BCUT2D eigenvalue weighted by molar-refractivity contribution is 5.95. The van der Waals surface area contributed by atoms with E-state index in [1.165, 1.54) is 10.5 Å². The van der Waals surface area contributed by atoms with E-state index in [-0.39, 0.29) is 17.7 Å². The van der Waals surface area contributed by atoms with Crippen LogP contribution in [0.25, 0.3) is 0 Å². The van der Waals surface area contributed by atoms with Crippen molar-refractivity contribution in [3.63, 3.8) is 0 Å². The summed E-state index contributed by atoms with van der Waals surface area (Å²) < 4.78 is 0. The molecule has 0 saturated carbocycles. The van der Waals surface area contributed by atoms with E-state index in [1.807, 2.05) is 31.2 Å². The first-order valence-electron chi connectivity index (χ1n) is 10.9. The molecule has 160 valence electrons. The van der Waals surface area contributed by atoms with Gasteiger partial charge in [0.1, 0.15) is 0 Å². The molecule has 1 aliphatic rings. The van der Waals surface area contributed by atoms with Crippen molar-refractivity contribution in [2.75, 3.05) is 36.4 Å². The van der Waals surface area contributed by atoms with Gasteiger partial charge in [-0.1, -0.05) is 32.0 Å². The van der Waals surface area contributed by atoms with Crippen molar-refractivity contribution in [2.24, 2.45) is 0 Å². The van der Waals surface area contributed by atoms with Gasteiger partial charge < -0.3 is 15.1 Å². The third kappa shape index (κ3) is 4.90. The Morgan fingerprint density at radius 1 is 1.00 bits per heavy atom. The normalized spacial score (nSPS) is 15.9. The first kappa shape index (κ1) is 22.0. The maximum absolute atomic E-state index is 13.0. The summed E-state index contributed by atoms with van der Waals surface area (Å²) in [5.74, 6) is 0.533. The summed E-state index contributed by atoms with van der Waals surface area (Å²) >= 11 is 0. The number of hydrogen-bond acceptors (Lipinski definition) is 3. The van der Waals surface area contributed by atoms with Gasteiger partial charge in [0.25, 0.3) is 5.91 Å². The van der Waals surface area contributed by atoms with Gasteiger partial charge in [0.15, 0.2) is 11.8 Å². The average molecular weight is 409 g/mol. The molecule has 30 heavy (non-hydrogen) atoms. The monoisotopic (exact) mass is 408 g/mol. The van der Waals surface area contributed by atoms with Gasteiger partial charge in [-0.25, -0.2) is 0 Å². The lowest BCUT2D eigenvalue weighted by Crippen LogP contribution is -3.19. The Kier molecular flexibility index (Phi) is 6.93. The Hall–Kier alpha value is -2.66. The lowest BCUT2D eigenvalue weighted by molar-refractivity contribution is -0.914. The smallest absolute Gasteiger partial charge is 0.282 e. The van der Waals surface area contributed by atoms with Crippen molar-refractivity contribution >= 4 is 23.1 Å². The van der Waals surface area contributed by atoms with E-state index in [9.17, 15) is 9.59 Å². The van der Waals surface area contributed by atoms with Crippen LogP contribution in [0, 0.1) is 6.92 Å². The highest BCUT2D eigenvalue weighted by atomic mass is 16.2. The zero-order valence-corrected chi connectivity index (χ0v) is 18.8. The number of nitrogens with zero attached hydrogens (tertiary/aromatic N) is 1. The molecule has 5 nitrogen and oxygen atoms in total. The van der Waals surface area contributed by atoms with Crippen molar-refractivity contribution < 1.29 is 14.5 Å². The Balaban J connectivity index is 1.61. The van der Waals surface area contributed by atoms with Gasteiger partial charge in [-0.05, 0) is 62.1 Å². The largest absolute Gasteiger partial charge is 0.360 e. The molecule has 0 radical (unpaired) electrons. The summed E-state index contributed by atoms with van der Waals surface area (Å²) in [4.78, 5) is 28.1. The minimum atomic E-state index is -0.105. The standard InChI is InChI=1S/C25H33N3O2/c1-17(2)23-8-6-7-18(3)24(23)26-25(30)19(4)27-13-15-28(16-14-27)22-11-9-21(10-12-22)20(5)29/h6-12,17,19H,13-16H2,1-5H3,(H,26,30)/p+1/t19-/m1/s1. The maximum atomic E-state index is 13.0. The van der Waals surface area contributed by atoms with Crippen LogP contribution in [0.5, 0.6) is 0 Å². The molecule has 2 aromatic carbocycles. The van der Waals surface area contributed by atoms with Crippen LogP contribution in [0.2, 0.25) is 0 Å². The topological polar surface area (TPSA) is 53.9 Å². The van der Waals surface area contributed by atoms with E-state index < -0.39 is 0 Å². The average Bonchev–Trinajstić information content (AvgIpc) is 2.74. The first-order valence-corrected chi connectivity index (χ1v) is 10.9. The van der Waals surface area contributed by atoms with Gasteiger partial charge in [0.05, 0.1) is 26.2 Å². The number of carbonyl (C=O) groups is 2. The summed E-state index contributed by atoms with van der Waals surface area (Å²) in [5.41, 5.74) is 5.14. The second kappa shape index (κ2) is 9.43. The summed E-state index contributed by atoms with van der Waals surface area (Å²) in [6.07, 6.45) is 0. The van der Waals surface area contributed by atoms with E-state index >= 15 is 0 Å². The van der Waals surface area contributed by atoms with Crippen molar-refractivity contribution in [2.45, 2.75) is 46.6 Å². The quantitative estimate of drug-likeness (QED) is 0.723. The number of Topliss-reactive ketones (excluding diaryl/α,β-unsaturated/α-hetero) is 1. The Bertz CT molecular complexity index is 897. The molecule has 0 unspecified atom stereocenters. The van der Waals surface area contributed by atoms with Crippen LogP contribution in [0.15, 0.2) is 42.5 Å². The number of carbonyl (C=O) groups excluding carboxylic acids is 2. The second-order valence-corrected chi connectivity index (χ2v) is 8.65. The number of rotatable bonds is 6. The SMILES string of the molecule is CC(=O)c1ccc(N2CC[NH+]([C@H](C)C(=O)Nc3c(C)cccc3C(C)C)CC2)cc1. The zero-order chi connectivity index (χ0) is 21.8. The molecule has 0 bridgehead atoms. The summed E-state index contributed by atoms with van der Waals surface area (Å²) in [7, 11) is 0. The van der Waals surface area contributed by atoms with Crippen molar-refractivity contribution in [1.29, 1.82) is 0 Å². The van der Waals surface area contributed by atoms with Gasteiger partial charge in [0, 0.05) is 16.9 Å². The second-order valence-electron chi connectivity index (χ2n) is 8.65. The lowest BCUT2D eigenvalue weighted by Gasteiger charge is -2.36. The molecule has 2 aromatic rings. The van der Waals surface area contributed by atoms with Crippen LogP contribution >= 0.6 is 0 Å². The number of quaternary nitrogens is 1. The first-order chi connectivity index (χ1) is 14.3. The van der Waals surface area contributed by atoms with Gasteiger partial charge in [-0.2, -0.15) is 0 Å². The number of amides is 1. The maximum Gasteiger partial charge on any atom is 0.282 e. The fourth-order valence-electron chi connectivity index (χ4n) is 4.15. The molecule has 1 saturated heterocycles.